The van der Waals surface area contributed by atoms with Crippen molar-refractivity contribution in [1.29, 1.82) is 0 Å². The van der Waals surface area contributed by atoms with Gasteiger partial charge in [-0.3, -0.25) is 9.59 Å². The largest absolute Gasteiger partial charge is 0.496 e. The number of benzene rings is 2. The van der Waals surface area contributed by atoms with E-state index in [1.807, 2.05) is 6.92 Å². The number of hydrogen-bond donors (Lipinski definition) is 1. The zero-order valence-corrected chi connectivity index (χ0v) is 13.7. The van der Waals surface area contributed by atoms with Gasteiger partial charge in [-0.15, -0.1) is 0 Å². The first-order valence-corrected chi connectivity index (χ1v) is 7.20. The normalized spacial score (nSPS) is 10.1. The summed E-state index contributed by atoms with van der Waals surface area (Å²) in [6.07, 6.45) is 0. The molecule has 0 radical (unpaired) electrons. The fourth-order valence-corrected chi connectivity index (χ4v) is 2.18. The van der Waals surface area contributed by atoms with E-state index < -0.39 is 0 Å². The Hall–Kier alpha value is -2.82. The third-order valence-corrected chi connectivity index (χ3v) is 3.45. The van der Waals surface area contributed by atoms with Gasteiger partial charge in [-0.05, 0) is 55.0 Å². The van der Waals surface area contributed by atoms with Gasteiger partial charge in [-0.1, -0.05) is 0 Å². The van der Waals surface area contributed by atoms with Crippen LogP contribution in [0.4, 0.5) is 5.69 Å². The second kappa shape index (κ2) is 6.96. The lowest BCUT2D eigenvalue weighted by Gasteiger charge is -2.11. The summed E-state index contributed by atoms with van der Waals surface area (Å²) in [7, 11) is 4.99. The Balaban J connectivity index is 2.11. The lowest BCUT2D eigenvalue weighted by molar-refractivity contribution is 0.0827. The highest BCUT2D eigenvalue weighted by atomic mass is 16.5. The minimum absolute atomic E-state index is 0.0753. The van der Waals surface area contributed by atoms with E-state index in [9.17, 15) is 9.59 Å². The van der Waals surface area contributed by atoms with Crippen molar-refractivity contribution < 1.29 is 14.3 Å². The molecule has 0 aromatic heterocycles. The van der Waals surface area contributed by atoms with Gasteiger partial charge in [0.15, 0.2) is 0 Å². The molecule has 0 unspecified atom stereocenters. The fraction of sp³-hybridized carbons (Fsp3) is 0.222. The third kappa shape index (κ3) is 3.88. The molecule has 0 aliphatic rings. The minimum Gasteiger partial charge on any atom is -0.496 e. The molecule has 0 saturated heterocycles. The quantitative estimate of drug-likeness (QED) is 0.944. The van der Waals surface area contributed by atoms with Gasteiger partial charge in [0.2, 0.25) is 0 Å². The molecule has 0 fully saturated rings. The third-order valence-electron chi connectivity index (χ3n) is 3.45. The van der Waals surface area contributed by atoms with Crippen LogP contribution in [0.2, 0.25) is 0 Å². The highest BCUT2D eigenvalue weighted by molar-refractivity contribution is 6.04. The number of carbonyl (C=O) groups excluding carboxylic acids is 2. The second-order valence-electron chi connectivity index (χ2n) is 5.42. The first kappa shape index (κ1) is 16.5. The Kier molecular flexibility index (Phi) is 5.01. The van der Waals surface area contributed by atoms with Crippen molar-refractivity contribution in [3.05, 3.63) is 59.2 Å². The topological polar surface area (TPSA) is 58.6 Å². The lowest BCUT2D eigenvalue weighted by atomic mass is 10.1. The summed E-state index contributed by atoms with van der Waals surface area (Å²) in [5, 5.41) is 2.81. The maximum atomic E-state index is 12.3. The molecule has 0 bridgehead atoms. The standard InChI is InChI=1S/C18H20N2O3/c1-12-11-14(7-10-16(12)23-4)17(21)19-15-8-5-13(6-9-15)18(22)20(2)3/h5-11H,1-4H3,(H,19,21). The molecule has 5 heteroatoms. The van der Waals surface area contributed by atoms with E-state index in [-0.39, 0.29) is 11.8 Å². The predicted octanol–water partition coefficient (Wildman–Crippen LogP) is 2.96. The van der Waals surface area contributed by atoms with Gasteiger partial charge in [0.25, 0.3) is 11.8 Å². The summed E-state index contributed by atoms with van der Waals surface area (Å²) >= 11 is 0. The maximum absolute atomic E-state index is 12.3. The average molecular weight is 312 g/mol. The first-order valence-electron chi connectivity index (χ1n) is 7.20. The van der Waals surface area contributed by atoms with Gasteiger partial charge in [0, 0.05) is 30.9 Å². The minimum atomic E-state index is -0.206. The molecule has 0 heterocycles. The molecule has 0 aliphatic heterocycles. The van der Waals surface area contributed by atoms with Crippen LogP contribution in [0.25, 0.3) is 0 Å². The number of carbonyl (C=O) groups is 2. The molecule has 23 heavy (non-hydrogen) atoms. The van der Waals surface area contributed by atoms with E-state index in [4.69, 9.17) is 4.74 Å². The van der Waals surface area contributed by atoms with E-state index in [1.165, 1.54) is 4.90 Å². The summed E-state index contributed by atoms with van der Waals surface area (Å²) in [6.45, 7) is 1.89. The molecule has 0 saturated carbocycles. The van der Waals surface area contributed by atoms with E-state index >= 15 is 0 Å². The van der Waals surface area contributed by atoms with Crippen LogP contribution in [-0.4, -0.2) is 37.9 Å². The van der Waals surface area contributed by atoms with E-state index in [0.717, 1.165) is 11.3 Å². The van der Waals surface area contributed by atoms with Crippen LogP contribution in [0.5, 0.6) is 5.75 Å². The molecule has 0 spiro atoms. The molecule has 5 nitrogen and oxygen atoms in total. The van der Waals surface area contributed by atoms with Crippen LogP contribution in [-0.2, 0) is 0 Å². The van der Waals surface area contributed by atoms with Gasteiger partial charge in [0.1, 0.15) is 5.75 Å². The van der Waals surface area contributed by atoms with Crippen molar-refractivity contribution >= 4 is 17.5 Å². The van der Waals surface area contributed by atoms with Crippen LogP contribution in [0, 0.1) is 6.92 Å². The summed E-state index contributed by atoms with van der Waals surface area (Å²) in [4.78, 5) is 25.6. The Bertz CT molecular complexity index is 722. The number of hydrogen-bond acceptors (Lipinski definition) is 3. The Morgan fingerprint density at radius 3 is 2.13 bits per heavy atom. The average Bonchev–Trinajstić information content (AvgIpc) is 2.54. The molecule has 2 aromatic carbocycles. The summed E-state index contributed by atoms with van der Waals surface area (Å²) in [5.74, 6) is 0.462. The van der Waals surface area contributed by atoms with Gasteiger partial charge < -0.3 is 15.0 Å². The summed E-state index contributed by atoms with van der Waals surface area (Å²) in [6, 6.07) is 12.1. The van der Waals surface area contributed by atoms with Gasteiger partial charge >= 0.3 is 0 Å². The summed E-state index contributed by atoms with van der Waals surface area (Å²) in [5.41, 5.74) is 2.66. The van der Waals surface area contributed by atoms with Crippen LogP contribution in [0.3, 0.4) is 0 Å². The van der Waals surface area contributed by atoms with Crippen molar-refractivity contribution in [3.63, 3.8) is 0 Å². The number of aryl methyl sites for hydroxylation is 1. The number of anilines is 1. The zero-order chi connectivity index (χ0) is 17.0. The number of rotatable bonds is 4. The Labute approximate surface area is 135 Å². The molecule has 2 rings (SSSR count). The molecule has 1 N–H and O–H groups in total. The number of ether oxygens (including phenoxy) is 1. The van der Waals surface area contributed by atoms with E-state index in [0.29, 0.717) is 16.8 Å². The molecular formula is C18H20N2O3. The van der Waals surface area contributed by atoms with Gasteiger partial charge in [-0.2, -0.15) is 0 Å². The zero-order valence-electron chi connectivity index (χ0n) is 13.7. The SMILES string of the molecule is COc1ccc(C(=O)Nc2ccc(C(=O)N(C)C)cc2)cc1C. The van der Waals surface area contributed by atoms with Crippen LogP contribution >= 0.6 is 0 Å². The molecule has 0 aliphatic carbocycles. The number of methoxy groups -OCH3 is 1. The van der Waals surface area contributed by atoms with Crippen molar-refractivity contribution in [3.8, 4) is 5.75 Å². The maximum Gasteiger partial charge on any atom is 0.255 e. The second-order valence-corrected chi connectivity index (χ2v) is 5.42. The lowest BCUT2D eigenvalue weighted by Crippen LogP contribution is -2.21. The number of nitrogens with zero attached hydrogens (tertiary/aromatic N) is 1. The van der Waals surface area contributed by atoms with Gasteiger partial charge in [0.05, 0.1) is 7.11 Å². The van der Waals surface area contributed by atoms with E-state index in [1.54, 1.807) is 63.7 Å². The molecular weight excluding hydrogens is 292 g/mol. The van der Waals surface area contributed by atoms with Crippen molar-refractivity contribution in [2.24, 2.45) is 0 Å². The predicted molar refractivity (Wildman–Crippen MR) is 90.1 cm³/mol. The van der Waals surface area contributed by atoms with Crippen LogP contribution < -0.4 is 10.1 Å². The first-order chi connectivity index (χ1) is 10.9. The molecule has 0 atom stereocenters. The van der Waals surface area contributed by atoms with E-state index in [2.05, 4.69) is 5.32 Å². The smallest absolute Gasteiger partial charge is 0.255 e. The van der Waals surface area contributed by atoms with Crippen molar-refractivity contribution in [2.45, 2.75) is 6.92 Å². The Morgan fingerprint density at radius 1 is 1.00 bits per heavy atom. The molecule has 2 amide bonds. The highest BCUT2D eigenvalue weighted by Crippen LogP contribution is 2.19. The number of nitrogens with one attached hydrogen (secondary N) is 1. The van der Waals surface area contributed by atoms with Crippen molar-refractivity contribution in [2.75, 3.05) is 26.5 Å². The molecule has 2 aromatic rings. The number of amides is 2. The monoisotopic (exact) mass is 312 g/mol. The fourth-order valence-electron chi connectivity index (χ4n) is 2.18. The van der Waals surface area contributed by atoms with Crippen LogP contribution in [0.1, 0.15) is 26.3 Å². The van der Waals surface area contributed by atoms with Gasteiger partial charge in [-0.25, -0.2) is 0 Å². The highest BCUT2D eigenvalue weighted by Gasteiger charge is 2.10. The molecule has 120 valence electrons. The Morgan fingerprint density at radius 2 is 1.61 bits per heavy atom. The van der Waals surface area contributed by atoms with Crippen LogP contribution in [0.15, 0.2) is 42.5 Å². The summed E-state index contributed by atoms with van der Waals surface area (Å²) < 4.78 is 5.19. The van der Waals surface area contributed by atoms with Crippen molar-refractivity contribution in [1.82, 2.24) is 4.90 Å².